The van der Waals surface area contributed by atoms with Gasteiger partial charge in [-0.3, -0.25) is 14.7 Å². The first-order valence-electron chi connectivity index (χ1n) is 9.35. The van der Waals surface area contributed by atoms with Gasteiger partial charge in [0.25, 0.3) is 5.91 Å². The second-order valence-corrected chi connectivity index (χ2v) is 7.07. The predicted octanol–water partition coefficient (Wildman–Crippen LogP) is 3.61. The Kier molecular flexibility index (Phi) is 5.21. The molecule has 4 rings (SSSR count). The zero-order valence-corrected chi connectivity index (χ0v) is 15.7. The average molecular weight is 379 g/mol. The number of furan rings is 1. The van der Waals surface area contributed by atoms with Crippen LogP contribution in [-0.2, 0) is 26.1 Å². The highest BCUT2D eigenvalue weighted by atomic mass is 19.1. The number of aromatic nitrogens is 1. The van der Waals surface area contributed by atoms with E-state index < -0.39 is 0 Å². The van der Waals surface area contributed by atoms with E-state index in [1.807, 2.05) is 25.1 Å². The molecule has 0 fully saturated rings. The van der Waals surface area contributed by atoms with Crippen LogP contribution >= 0.6 is 0 Å². The highest BCUT2D eigenvalue weighted by Crippen LogP contribution is 2.29. The number of fused-ring (bicyclic) bond motifs is 1. The van der Waals surface area contributed by atoms with Crippen molar-refractivity contribution >= 4 is 5.91 Å². The maximum atomic E-state index is 13.5. The number of aryl methyl sites for hydroxylation is 1. The van der Waals surface area contributed by atoms with Crippen LogP contribution in [0.15, 0.2) is 53.2 Å². The highest BCUT2D eigenvalue weighted by Gasteiger charge is 2.28. The van der Waals surface area contributed by atoms with Crippen LogP contribution in [0.5, 0.6) is 0 Å². The molecule has 0 aliphatic carbocycles. The molecule has 2 aromatic heterocycles. The van der Waals surface area contributed by atoms with Gasteiger partial charge in [0.2, 0.25) is 0 Å². The zero-order valence-electron chi connectivity index (χ0n) is 15.7. The fourth-order valence-electron chi connectivity index (χ4n) is 3.68. The normalized spacial score (nSPS) is 13.9. The Labute approximate surface area is 163 Å². The lowest BCUT2D eigenvalue weighted by atomic mass is 10.0. The lowest BCUT2D eigenvalue weighted by molar-refractivity contribution is 0.0947. The molecule has 5 nitrogen and oxygen atoms in total. The number of hydrogen-bond acceptors (Lipinski definition) is 4. The number of benzene rings is 1. The summed E-state index contributed by atoms with van der Waals surface area (Å²) in [5, 5.41) is 2.96. The standard InChI is InChI=1S/C22H22FN3O2/c1-15-21(22(27)25-12-17-5-3-8-24-11-17)19-14-26(9-7-20(19)28-15)13-16-4-2-6-18(23)10-16/h2-6,8,10-11H,7,9,12-14H2,1H3,(H,25,27). The number of amides is 1. The molecule has 6 heteroatoms. The van der Waals surface area contributed by atoms with Crippen molar-refractivity contribution in [2.75, 3.05) is 6.54 Å². The van der Waals surface area contributed by atoms with E-state index in [0.717, 1.165) is 35.4 Å². The molecule has 1 aliphatic rings. The van der Waals surface area contributed by atoms with Crippen molar-refractivity contribution in [2.45, 2.75) is 33.0 Å². The van der Waals surface area contributed by atoms with Gasteiger partial charge >= 0.3 is 0 Å². The summed E-state index contributed by atoms with van der Waals surface area (Å²) in [5.41, 5.74) is 3.41. The number of carbonyl (C=O) groups excluding carboxylic acids is 1. The Hall–Kier alpha value is -2.99. The second-order valence-electron chi connectivity index (χ2n) is 7.07. The van der Waals surface area contributed by atoms with Gasteiger partial charge in [-0.1, -0.05) is 18.2 Å². The van der Waals surface area contributed by atoms with E-state index in [4.69, 9.17) is 4.42 Å². The van der Waals surface area contributed by atoms with Crippen molar-refractivity contribution in [3.63, 3.8) is 0 Å². The number of pyridine rings is 1. The molecule has 144 valence electrons. The van der Waals surface area contributed by atoms with Gasteiger partial charge in [0, 0.05) is 50.6 Å². The van der Waals surface area contributed by atoms with Gasteiger partial charge in [0.1, 0.15) is 17.3 Å². The summed E-state index contributed by atoms with van der Waals surface area (Å²) in [4.78, 5) is 19.1. The molecule has 1 amide bonds. The van der Waals surface area contributed by atoms with E-state index in [0.29, 0.717) is 31.0 Å². The molecule has 0 radical (unpaired) electrons. The molecular weight excluding hydrogens is 357 g/mol. The largest absolute Gasteiger partial charge is 0.465 e. The van der Waals surface area contributed by atoms with Crippen LogP contribution in [0.25, 0.3) is 0 Å². The van der Waals surface area contributed by atoms with E-state index >= 15 is 0 Å². The SMILES string of the molecule is Cc1oc2c(c1C(=O)NCc1cccnc1)CN(Cc1cccc(F)c1)CC2. The van der Waals surface area contributed by atoms with Gasteiger partial charge in [0.05, 0.1) is 5.56 Å². The minimum atomic E-state index is -0.232. The third-order valence-electron chi connectivity index (χ3n) is 5.00. The highest BCUT2D eigenvalue weighted by molar-refractivity contribution is 5.97. The molecular formula is C22H22FN3O2. The quantitative estimate of drug-likeness (QED) is 0.736. The number of nitrogens with one attached hydrogen (secondary N) is 1. The minimum Gasteiger partial charge on any atom is -0.465 e. The molecule has 28 heavy (non-hydrogen) atoms. The molecule has 3 heterocycles. The lowest BCUT2D eigenvalue weighted by Crippen LogP contribution is -2.31. The van der Waals surface area contributed by atoms with Crippen molar-refractivity contribution in [3.05, 3.63) is 88.4 Å². The minimum absolute atomic E-state index is 0.140. The van der Waals surface area contributed by atoms with Crippen LogP contribution in [-0.4, -0.2) is 22.3 Å². The van der Waals surface area contributed by atoms with E-state index in [2.05, 4.69) is 15.2 Å². The van der Waals surface area contributed by atoms with Gasteiger partial charge in [0.15, 0.2) is 0 Å². The average Bonchev–Trinajstić information content (AvgIpc) is 3.02. The van der Waals surface area contributed by atoms with Gasteiger partial charge in [-0.2, -0.15) is 0 Å². The van der Waals surface area contributed by atoms with Crippen molar-refractivity contribution in [3.8, 4) is 0 Å². The molecule has 1 N–H and O–H groups in total. The van der Waals surface area contributed by atoms with Crippen LogP contribution < -0.4 is 5.32 Å². The monoisotopic (exact) mass is 379 g/mol. The van der Waals surface area contributed by atoms with Crippen molar-refractivity contribution in [2.24, 2.45) is 0 Å². The molecule has 0 saturated carbocycles. The molecule has 1 aliphatic heterocycles. The topological polar surface area (TPSA) is 58.4 Å². The summed E-state index contributed by atoms with van der Waals surface area (Å²) in [6.07, 6.45) is 4.18. The predicted molar refractivity (Wildman–Crippen MR) is 103 cm³/mol. The second kappa shape index (κ2) is 7.94. The van der Waals surface area contributed by atoms with Crippen LogP contribution in [0, 0.1) is 12.7 Å². The summed E-state index contributed by atoms with van der Waals surface area (Å²) >= 11 is 0. The van der Waals surface area contributed by atoms with Gasteiger partial charge < -0.3 is 9.73 Å². The van der Waals surface area contributed by atoms with Crippen LogP contribution in [0.4, 0.5) is 4.39 Å². The number of hydrogen-bond donors (Lipinski definition) is 1. The third kappa shape index (κ3) is 3.97. The fraction of sp³-hybridized carbons (Fsp3) is 0.273. The number of rotatable bonds is 5. The number of carbonyl (C=O) groups is 1. The first-order chi connectivity index (χ1) is 13.6. The Morgan fingerprint density at radius 1 is 1.29 bits per heavy atom. The lowest BCUT2D eigenvalue weighted by Gasteiger charge is -2.26. The van der Waals surface area contributed by atoms with Gasteiger partial charge in [-0.15, -0.1) is 0 Å². The molecule has 0 atom stereocenters. The van der Waals surface area contributed by atoms with E-state index in [9.17, 15) is 9.18 Å². The molecule has 0 bridgehead atoms. The Morgan fingerprint density at radius 3 is 2.93 bits per heavy atom. The first kappa shape index (κ1) is 18.4. The molecule has 0 unspecified atom stereocenters. The van der Waals surface area contributed by atoms with Crippen molar-refractivity contribution in [1.82, 2.24) is 15.2 Å². The number of nitrogens with zero attached hydrogens (tertiary/aromatic N) is 2. The first-order valence-corrected chi connectivity index (χ1v) is 9.35. The molecule has 3 aromatic rings. The third-order valence-corrected chi connectivity index (χ3v) is 5.00. The van der Waals surface area contributed by atoms with Gasteiger partial charge in [-0.05, 0) is 36.2 Å². The summed E-state index contributed by atoms with van der Waals surface area (Å²) in [5.74, 6) is 1.14. The Bertz CT molecular complexity index is 985. The number of halogens is 1. The Morgan fingerprint density at radius 2 is 2.14 bits per heavy atom. The summed E-state index contributed by atoms with van der Waals surface area (Å²) < 4.78 is 19.3. The van der Waals surface area contributed by atoms with E-state index in [-0.39, 0.29) is 11.7 Å². The Balaban J connectivity index is 1.48. The van der Waals surface area contributed by atoms with E-state index in [1.165, 1.54) is 6.07 Å². The van der Waals surface area contributed by atoms with Crippen molar-refractivity contribution < 1.29 is 13.6 Å². The van der Waals surface area contributed by atoms with Gasteiger partial charge in [-0.25, -0.2) is 4.39 Å². The zero-order chi connectivity index (χ0) is 19.5. The molecule has 0 spiro atoms. The molecule has 1 aromatic carbocycles. The van der Waals surface area contributed by atoms with Crippen LogP contribution in [0.3, 0.4) is 0 Å². The van der Waals surface area contributed by atoms with Crippen LogP contribution in [0.1, 0.15) is 38.6 Å². The fourth-order valence-corrected chi connectivity index (χ4v) is 3.68. The maximum Gasteiger partial charge on any atom is 0.255 e. The van der Waals surface area contributed by atoms with Crippen LogP contribution in [0.2, 0.25) is 0 Å². The molecule has 0 saturated heterocycles. The smallest absolute Gasteiger partial charge is 0.255 e. The maximum absolute atomic E-state index is 13.5. The van der Waals surface area contributed by atoms with E-state index in [1.54, 1.807) is 24.5 Å². The summed E-state index contributed by atoms with van der Waals surface area (Å²) in [7, 11) is 0. The summed E-state index contributed by atoms with van der Waals surface area (Å²) in [6.45, 7) is 4.30. The van der Waals surface area contributed by atoms with Crippen molar-refractivity contribution in [1.29, 1.82) is 0 Å². The summed E-state index contributed by atoms with van der Waals surface area (Å²) in [6, 6.07) is 10.4.